The Labute approximate surface area is 134 Å². The SMILES string of the molecule is C=CCN1/C(=N/NC(=S)Nc2ccccc2)SCC1S. The van der Waals surface area contributed by atoms with E-state index in [9.17, 15) is 0 Å². The fraction of sp³-hybridized carbons (Fsp3) is 0.231. The maximum absolute atomic E-state index is 5.21. The van der Waals surface area contributed by atoms with Gasteiger partial charge in [0.1, 0.15) is 0 Å². The molecular formula is C13H16N4S3. The van der Waals surface area contributed by atoms with Crippen LogP contribution in [-0.2, 0) is 0 Å². The van der Waals surface area contributed by atoms with E-state index in [0.29, 0.717) is 5.11 Å². The number of hydrogen-bond acceptors (Lipinski definition) is 4. The Morgan fingerprint density at radius 3 is 3.00 bits per heavy atom. The molecule has 1 fully saturated rings. The van der Waals surface area contributed by atoms with Crippen LogP contribution in [0.4, 0.5) is 5.69 Å². The summed E-state index contributed by atoms with van der Waals surface area (Å²) in [6.07, 6.45) is 1.84. The summed E-state index contributed by atoms with van der Waals surface area (Å²) < 4.78 is 0. The van der Waals surface area contributed by atoms with Crippen molar-refractivity contribution in [3.8, 4) is 0 Å². The Balaban J connectivity index is 1.91. The summed E-state index contributed by atoms with van der Waals surface area (Å²) in [6, 6.07) is 9.73. The van der Waals surface area contributed by atoms with E-state index >= 15 is 0 Å². The predicted molar refractivity (Wildman–Crippen MR) is 95.4 cm³/mol. The van der Waals surface area contributed by atoms with E-state index in [1.54, 1.807) is 11.8 Å². The van der Waals surface area contributed by atoms with Crippen LogP contribution in [0.15, 0.2) is 48.1 Å². The number of anilines is 1. The third kappa shape index (κ3) is 4.16. The summed E-state index contributed by atoms with van der Waals surface area (Å²) in [5.74, 6) is 0.899. The molecule has 0 bridgehead atoms. The zero-order chi connectivity index (χ0) is 14.4. The van der Waals surface area contributed by atoms with Gasteiger partial charge in [-0.25, -0.2) is 0 Å². The standard InChI is InChI=1S/C13H16N4S3/c1-2-8-17-11(18)9-20-13(17)16-15-12(19)14-10-6-4-3-5-7-10/h2-7,11,18H,1,8-9H2,(H2,14,15,19)/b16-13-. The van der Waals surface area contributed by atoms with E-state index in [-0.39, 0.29) is 5.37 Å². The van der Waals surface area contributed by atoms with Crippen LogP contribution in [-0.4, -0.2) is 32.9 Å². The lowest BCUT2D eigenvalue weighted by molar-refractivity contribution is 0.480. The van der Waals surface area contributed by atoms with Crippen LogP contribution in [0.5, 0.6) is 0 Å². The van der Waals surface area contributed by atoms with Gasteiger partial charge in [-0.05, 0) is 24.4 Å². The van der Waals surface area contributed by atoms with Crippen LogP contribution in [0, 0.1) is 0 Å². The van der Waals surface area contributed by atoms with Crippen LogP contribution in [0.25, 0.3) is 0 Å². The second-order valence-corrected chi connectivity index (χ2v) is 6.05. The van der Waals surface area contributed by atoms with Gasteiger partial charge in [-0.2, -0.15) is 12.6 Å². The zero-order valence-electron chi connectivity index (χ0n) is 10.8. The molecule has 1 aromatic rings. The largest absolute Gasteiger partial charge is 0.334 e. The summed E-state index contributed by atoms with van der Waals surface area (Å²) in [5, 5.41) is 8.90. The van der Waals surface area contributed by atoms with Crippen molar-refractivity contribution in [2.75, 3.05) is 17.6 Å². The first kappa shape index (κ1) is 15.2. The monoisotopic (exact) mass is 324 g/mol. The van der Waals surface area contributed by atoms with E-state index in [0.717, 1.165) is 23.2 Å². The Morgan fingerprint density at radius 2 is 2.30 bits per heavy atom. The molecule has 1 heterocycles. The molecule has 0 radical (unpaired) electrons. The first-order valence-corrected chi connectivity index (χ1v) is 8.00. The third-order valence-corrected chi connectivity index (χ3v) is 4.55. The number of hydrazone groups is 1. The Bertz CT molecular complexity index is 504. The van der Waals surface area contributed by atoms with Gasteiger partial charge < -0.3 is 10.2 Å². The van der Waals surface area contributed by atoms with Crippen LogP contribution >= 0.6 is 36.6 Å². The van der Waals surface area contributed by atoms with E-state index in [4.69, 9.17) is 12.2 Å². The normalized spacial score (nSPS) is 19.9. The minimum atomic E-state index is 0.161. The van der Waals surface area contributed by atoms with Gasteiger partial charge in [-0.3, -0.25) is 5.43 Å². The number of para-hydroxylation sites is 1. The van der Waals surface area contributed by atoms with Gasteiger partial charge in [0.05, 0.1) is 5.37 Å². The van der Waals surface area contributed by atoms with Crippen molar-refractivity contribution < 1.29 is 0 Å². The smallest absolute Gasteiger partial charge is 0.191 e. The molecule has 1 aliphatic rings. The lowest BCUT2D eigenvalue weighted by Crippen LogP contribution is -2.33. The Hall–Kier alpha value is -1.18. The van der Waals surface area contributed by atoms with Crippen molar-refractivity contribution in [1.82, 2.24) is 10.3 Å². The molecule has 0 aromatic heterocycles. The van der Waals surface area contributed by atoms with Gasteiger partial charge >= 0.3 is 0 Å². The maximum Gasteiger partial charge on any atom is 0.191 e. The van der Waals surface area contributed by atoms with Gasteiger partial charge in [0.2, 0.25) is 0 Å². The van der Waals surface area contributed by atoms with Crippen molar-refractivity contribution in [2.45, 2.75) is 5.37 Å². The van der Waals surface area contributed by atoms with Crippen LogP contribution < -0.4 is 10.7 Å². The fourth-order valence-electron chi connectivity index (χ4n) is 1.66. The number of benzene rings is 1. The first-order chi connectivity index (χ1) is 9.70. The molecule has 1 aromatic carbocycles. The molecule has 1 atom stereocenters. The van der Waals surface area contributed by atoms with Gasteiger partial charge in [0.15, 0.2) is 10.3 Å². The van der Waals surface area contributed by atoms with Gasteiger partial charge in [-0.1, -0.05) is 36.0 Å². The molecule has 2 N–H and O–H groups in total. The number of thioether (sulfide) groups is 1. The highest BCUT2D eigenvalue weighted by molar-refractivity contribution is 8.14. The molecule has 2 rings (SSSR count). The van der Waals surface area contributed by atoms with Crippen molar-refractivity contribution >= 4 is 52.6 Å². The number of hydrogen-bond donors (Lipinski definition) is 3. The van der Waals surface area contributed by atoms with Crippen molar-refractivity contribution in [2.24, 2.45) is 5.10 Å². The average Bonchev–Trinajstić information content (AvgIpc) is 2.79. The maximum atomic E-state index is 5.21. The summed E-state index contributed by atoms with van der Waals surface area (Å²) in [4.78, 5) is 2.07. The highest BCUT2D eigenvalue weighted by Gasteiger charge is 2.26. The topological polar surface area (TPSA) is 39.7 Å². The third-order valence-electron chi connectivity index (χ3n) is 2.58. The summed E-state index contributed by atoms with van der Waals surface area (Å²) >= 11 is 11.4. The molecule has 7 heteroatoms. The Morgan fingerprint density at radius 1 is 1.55 bits per heavy atom. The minimum Gasteiger partial charge on any atom is -0.334 e. The molecule has 1 saturated heterocycles. The first-order valence-electron chi connectivity index (χ1n) is 6.09. The van der Waals surface area contributed by atoms with Gasteiger partial charge in [-0.15, -0.1) is 11.7 Å². The highest BCUT2D eigenvalue weighted by atomic mass is 32.2. The highest BCUT2D eigenvalue weighted by Crippen LogP contribution is 2.25. The fourth-order valence-corrected chi connectivity index (χ4v) is 3.29. The van der Waals surface area contributed by atoms with Crippen molar-refractivity contribution in [1.29, 1.82) is 0 Å². The molecule has 0 spiro atoms. The van der Waals surface area contributed by atoms with Crippen LogP contribution in [0.2, 0.25) is 0 Å². The van der Waals surface area contributed by atoms with Crippen molar-refractivity contribution in [3.63, 3.8) is 0 Å². The lowest BCUT2D eigenvalue weighted by Gasteiger charge is -2.20. The summed E-state index contributed by atoms with van der Waals surface area (Å²) in [6.45, 7) is 4.47. The molecule has 1 aliphatic heterocycles. The molecule has 0 aliphatic carbocycles. The van der Waals surface area contributed by atoms with E-state index in [1.807, 2.05) is 36.4 Å². The van der Waals surface area contributed by atoms with Crippen LogP contribution in [0.3, 0.4) is 0 Å². The van der Waals surface area contributed by atoms with Gasteiger partial charge in [0, 0.05) is 18.0 Å². The second kappa shape index (κ2) is 7.56. The molecule has 20 heavy (non-hydrogen) atoms. The minimum absolute atomic E-state index is 0.161. The number of thiol groups is 1. The lowest BCUT2D eigenvalue weighted by atomic mass is 10.3. The molecule has 0 saturated carbocycles. The molecule has 0 amide bonds. The summed E-state index contributed by atoms with van der Waals surface area (Å²) in [7, 11) is 0. The van der Waals surface area contributed by atoms with Crippen molar-refractivity contribution in [3.05, 3.63) is 43.0 Å². The average molecular weight is 325 g/mol. The van der Waals surface area contributed by atoms with E-state index in [1.165, 1.54) is 0 Å². The Kier molecular flexibility index (Phi) is 5.75. The number of amidine groups is 1. The summed E-state index contributed by atoms with van der Waals surface area (Å²) in [5.41, 5.74) is 3.79. The number of nitrogens with one attached hydrogen (secondary N) is 2. The quantitative estimate of drug-likeness (QED) is 0.344. The van der Waals surface area contributed by atoms with Crippen LogP contribution in [0.1, 0.15) is 0 Å². The second-order valence-electron chi connectivity index (χ2n) is 4.06. The zero-order valence-corrected chi connectivity index (χ0v) is 13.3. The number of thiocarbonyl (C=S) groups is 1. The molecule has 1 unspecified atom stereocenters. The predicted octanol–water partition coefficient (Wildman–Crippen LogP) is 2.73. The molecular weight excluding hydrogens is 308 g/mol. The number of nitrogens with zero attached hydrogens (tertiary/aromatic N) is 2. The van der Waals surface area contributed by atoms with E-state index in [2.05, 4.69) is 40.0 Å². The molecule has 4 nitrogen and oxygen atoms in total. The van der Waals surface area contributed by atoms with E-state index < -0.39 is 0 Å². The molecule has 106 valence electrons. The number of rotatable bonds is 4. The van der Waals surface area contributed by atoms with Gasteiger partial charge in [0.25, 0.3) is 0 Å².